The SMILES string of the molecule is CC(=O)C1=CC[C@@]2(O)[C@@H]3CC=C4C[C@@H](O[C@@H]5O[C@H](CO)[C@@H](O)[C@H](O[C@@H]6O[C@H](CO)[C@@H](O)[C@H](O)[C@H]6O)[C@H]5O[C@@H]5O[C@@H](C)[C@H](O)[C@@H](O)[C@H]5O)CC[C@]4(C)[C@H]3CC[C@]12C. The number of hydrogen-bond donors (Lipinski definition) is 10. The van der Waals surface area contributed by atoms with Crippen molar-refractivity contribution in [1.29, 1.82) is 0 Å². The zero-order valence-electron chi connectivity index (χ0n) is 32.2. The number of aliphatic hydroxyl groups excluding tert-OH is 9. The lowest BCUT2D eigenvalue weighted by molar-refractivity contribution is -0.394. The molecule has 3 heterocycles. The standard InChI is InChI=1S/C39H60O17/c1-16(42)20-9-12-39(50)22-6-5-18-13-19(7-10-37(18,3)21(22)8-11-38(20,39)4)52-36-33(56-34-30(48)28(46)25(43)17(2)51-34)32(27(45)24(15-41)54-36)55-35-31(49)29(47)26(44)23(14-40)53-35/h5,9,17,19,21-36,40-41,43-50H,6-8,10-15H2,1-4H3/t17-,19-,21-,22+,23+,24+,25-,26+,27+,28+,29-,30+,31+,32-,33+,34-,35-,36+,37-,38+,39+/m0/s1. The molecular weight excluding hydrogens is 740 g/mol. The van der Waals surface area contributed by atoms with Crippen LogP contribution in [0.1, 0.15) is 72.6 Å². The maximum Gasteiger partial charge on any atom is 0.187 e. The van der Waals surface area contributed by atoms with E-state index in [1.807, 2.05) is 13.0 Å². The summed E-state index contributed by atoms with van der Waals surface area (Å²) in [7, 11) is 0. The molecule has 0 bridgehead atoms. The number of allylic oxidation sites excluding steroid dienone is 1. The van der Waals surface area contributed by atoms with Gasteiger partial charge in [0.2, 0.25) is 0 Å². The van der Waals surface area contributed by atoms with Crippen LogP contribution in [0.4, 0.5) is 0 Å². The zero-order chi connectivity index (χ0) is 40.6. The molecule has 7 aliphatic rings. The van der Waals surface area contributed by atoms with Crippen LogP contribution in [0.15, 0.2) is 23.3 Å². The maximum absolute atomic E-state index is 12.6. The van der Waals surface area contributed by atoms with E-state index in [0.717, 1.165) is 12.0 Å². The first-order chi connectivity index (χ1) is 26.4. The third-order valence-electron chi connectivity index (χ3n) is 14.6. The molecule has 4 aliphatic carbocycles. The first-order valence-corrected chi connectivity index (χ1v) is 19.9. The summed E-state index contributed by atoms with van der Waals surface area (Å²) in [5, 5.41) is 107. The van der Waals surface area contributed by atoms with E-state index in [4.69, 9.17) is 28.4 Å². The number of rotatable bonds is 9. The fraction of sp³-hybridized carbons (Fsp3) is 0.872. The third-order valence-corrected chi connectivity index (χ3v) is 14.6. The fourth-order valence-corrected chi connectivity index (χ4v) is 11.1. The first-order valence-electron chi connectivity index (χ1n) is 19.9. The minimum Gasteiger partial charge on any atom is -0.394 e. The Labute approximate surface area is 325 Å². The molecule has 10 N–H and O–H groups in total. The second-order valence-electron chi connectivity index (χ2n) is 17.6. The van der Waals surface area contributed by atoms with Crippen LogP contribution in [0, 0.1) is 22.7 Å². The Morgan fingerprint density at radius 1 is 0.732 bits per heavy atom. The summed E-state index contributed by atoms with van der Waals surface area (Å²) < 4.78 is 36.2. The first kappa shape index (κ1) is 42.6. The fourth-order valence-electron chi connectivity index (χ4n) is 11.1. The monoisotopic (exact) mass is 800 g/mol. The number of fused-ring (bicyclic) bond motifs is 5. The summed E-state index contributed by atoms with van der Waals surface area (Å²) >= 11 is 0. The van der Waals surface area contributed by atoms with Crippen LogP contribution in [0.3, 0.4) is 0 Å². The second-order valence-corrected chi connectivity index (χ2v) is 17.6. The van der Waals surface area contributed by atoms with E-state index in [2.05, 4.69) is 13.0 Å². The lowest BCUT2D eigenvalue weighted by Crippen LogP contribution is -2.67. The van der Waals surface area contributed by atoms with Crippen LogP contribution in [-0.2, 0) is 33.2 Å². The average molecular weight is 801 g/mol. The van der Waals surface area contributed by atoms with Gasteiger partial charge in [-0.15, -0.1) is 0 Å². The molecule has 0 unspecified atom stereocenters. The van der Waals surface area contributed by atoms with E-state index >= 15 is 0 Å². The number of carbonyl (C=O) groups excluding carboxylic acids is 1. The van der Waals surface area contributed by atoms with Gasteiger partial charge in [-0.1, -0.05) is 31.6 Å². The van der Waals surface area contributed by atoms with E-state index < -0.39 is 122 Å². The van der Waals surface area contributed by atoms with Crippen molar-refractivity contribution in [3.05, 3.63) is 23.3 Å². The molecule has 0 aromatic heterocycles. The number of carbonyl (C=O) groups is 1. The maximum atomic E-state index is 12.6. The normalized spacial score (nSPS) is 53.3. The predicted octanol–water partition coefficient (Wildman–Crippen LogP) is -1.95. The highest BCUT2D eigenvalue weighted by Crippen LogP contribution is 2.66. The Balaban J connectivity index is 1.15. The molecule has 21 atom stereocenters. The van der Waals surface area contributed by atoms with Crippen LogP contribution in [-0.4, -0.2) is 174 Å². The molecule has 17 nitrogen and oxygen atoms in total. The van der Waals surface area contributed by atoms with Crippen molar-refractivity contribution < 1.29 is 84.3 Å². The van der Waals surface area contributed by atoms with Gasteiger partial charge in [0.1, 0.15) is 67.1 Å². The highest BCUT2D eigenvalue weighted by molar-refractivity contribution is 5.95. The summed E-state index contributed by atoms with van der Waals surface area (Å²) in [6, 6.07) is 0. The Bertz CT molecular complexity index is 1510. The van der Waals surface area contributed by atoms with E-state index in [9.17, 15) is 55.9 Å². The molecule has 17 heteroatoms. The van der Waals surface area contributed by atoms with Gasteiger partial charge in [0, 0.05) is 5.41 Å². The quantitative estimate of drug-likeness (QED) is 0.114. The molecule has 2 saturated carbocycles. The summed E-state index contributed by atoms with van der Waals surface area (Å²) in [6.07, 6.45) is -15.8. The number of aliphatic hydroxyl groups is 10. The molecule has 56 heavy (non-hydrogen) atoms. The molecule has 3 aliphatic heterocycles. The summed E-state index contributed by atoms with van der Waals surface area (Å²) in [6.45, 7) is 5.79. The Morgan fingerprint density at radius 2 is 1.34 bits per heavy atom. The van der Waals surface area contributed by atoms with Crippen molar-refractivity contribution in [2.24, 2.45) is 22.7 Å². The van der Waals surface area contributed by atoms with Gasteiger partial charge < -0.3 is 79.5 Å². The zero-order valence-corrected chi connectivity index (χ0v) is 32.2. The molecule has 0 aromatic carbocycles. The number of Topliss-reactive ketones (excluding diaryl/α,β-unsaturated/α-hetero) is 1. The van der Waals surface area contributed by atoms with Crippen LogP contribution in [0.5, 0.6) is 0 Å². The molecule has 5 fully saturated rings. The Morgan fingerprint density at radius 3 is 2.00 bits per heavy atom. The topological polar surface area (TPSA) is 275 Å². The lowest BCUT2D eigenvalue weighted by atomic mass is 9.45. The van der Waals surface area contributed by atoms with Gasteiger partial charge in [0.15, 0.2) is 24.7 Å². The molecule has 0 spiro atoms. The highest BCUT2D eigenvalue weighted by atomic mass is 16.8. The van der Waals surface area contributed by atoms with E-state index in [1.54, 1.807) is 6.92 Å². The summed E-state index contributed by atoms with van der Waals surface area (Å²) in [5.41, 5.74) is -0.0600. The second kappa shape index (κ2) is 15.8. The highest BCUT2D eigenvalue weighted by Gasteiger charge is 2.65. The van der Waals surface area contributed by atoms with Gasteiger partial charge in [0.05, 0.1) is 31.0 Å². The lowest BCUT2D eigenvalue weighted by Gasteiger charge is -2.61. The van der Waals surface area contributed by atoms with Gasteiger partial charge in [0.25, 0.3) is 0 Å². The van der Waals surface area contributed by atoms with Crippen molar-refractivity contribution in [1.82, 2.24) is 0 Å². The molecule has 3 saturated heterocycles. The predicted molar refractivity (Wildman–Crippen MR) is 190 cm³/mol. The van der Waals surface area contributed by atoms with Crippen molar-refractivity contribution in [2.45, 2.75) is 176 Å². The number of hydrogen-bond acceptors (Lipinski definition) is 17. The Hall–Kier alpha value is -1.49. The molecular formula is C39H60O17. The largest absolute Gasteiger partial charge is 0.394 e. The third kappa shape index (κ3) is 6.86. The Kier molecular flexibility index (Phi) is 12.1. The average Bonchev–Trinajstić information content (AvgIpc) is 3.46. The van der Waals surface area contributed by atoms with Gasteiger partial charge in [-0.2, -0.15) is 0 Å². The molecule has 0 aromatic rings. The van der Waals surface area contributed by atoms with Gasteiger partial charge in [-0.05, 0) is 81.6 Å². The van der Waals surface area contributed by atoms with Crippen molar-refractivity contribution in [2.75, 3.05) is 13.2 Å². The van der Waals surface area contributed by atoms with Crippen LogP contribution >= 0.6 is 0 Å². The summed E-state index contributed by atoms with van der Waals surface area (Å²) in [5.74, 6) is 0.0992. The molecule has 318 valence electrons. The van der Waals surface area contributed by atoms with Crippen LogP contribution in [0.25, 0.3) is 0 Å². The minimum absolute atomic E-state index is 0.00498. The van der Waals surface area contributed by atoms with E-state index in [-0.39, 0.29) is 23.0 Å². The van der Waals surface area contributed by atoms with Gasteiger partial charge >= 0.3 is 0 Å². The van der Waals surface area contributed by atoms with Crippen LogP contribution in [0.2, 0.25) is 0 Å². The van der Waals surface area contributed by atoms with E-state index in [1.165, 1.54) is 6.92 Å². The van der Waals surface area contributed by atoms with E-state index in [0.29, 0.717) is 44.1 Å². The van der Waals surface area contributed by atoms with Crippen LogP contribution < -0.4 is 0 Å². The van der Waals surface area contributed by atoms with Gasteiger partial charge in [-0.3, -0.25) is 4.79 Å². The molecule has 0 radical (unpaired) electrons. The van der Waals surface area contributed by atoms with Crippen molar-refractivity contribution in [3.8, 4) is 0 Å². The van der Waals surface area contributed by atoms with Crippen molar-refractivity contribution >= 4 is 5.78 Å². The smallest absolute Gasteiger partial charge is 0.187 e. The summed E-state index contributed by atoms with van der Waals surface area (Å²) in [4.78, 5) is 12.6. The van der Waals surface area contributed by atoms with Crippen molar-refractivity contribution in [3.63, 3.8) is 0 Å². The van der Waals surface area contributed by atoms with Gasteiger partial charge in [-0.25, -0.2) is 0 Å². The number of ether oxygens (including phenoxy) is 6. The molecule has 0 amide bonds. The molecule has 7 rings (SSSR count). The minimum atomic E-state index is -1.87. The number of ketones is 1.